The molecule has 2 aromatic carbocycles. The van der Waals surface area contributed by atoms with Crippen LogP contribution < -0.4 is 9.46 Å². The summed E-state index contributed by atoms with van der Waals surface area (Å²) in [6.07, 6.45) is 0.734. The average molecular weight is 355 g/mol. The summed E-state index contributed by atoms with van der Waals surface area (Å²) in [5.74, 6) is -3.37. The maximum absolute atomic E-state index is 14.2. The van der Waals surface area contributed by atoms with Gasteiger partial charge in [-0.3, -0.25) is 4.79 Å². The van der Waals surface area contributed by atoms with Crippen molar-refractivity contribution in [1.29, 1.82) is 0 Å². The van der Waals surface area contributed by atoms with Gasteiger partial charge in [-0.25, -0.2) is 21.9 Å². The fourth-order valence-corrected chi connectivity index (χ4v) is 2.52. The van der Waals surface area contributed by atoms with Gasteiger partial charge >= 0.3 is 0 Å². The Labute approximate surface area is 138 Å². The highest BCUT2D eigenvalue weighted by atomic mass is 32.2. The van der Waals surface area contributed by atoms with Crippen molar-refractivity contribution in [2.45, 2.75) is 13.8 Å². The number of sulfonamides is 1. The van der Waals surface area contributed by atoms with Gasteiger partial charge in [0.05, 0.1) is 11.8 Å². The van der Waals surface area contributed by atoms with Gasteiger partial charge in [-0.2, -0.15) is 0 Å². The van der Waals surface area contributed by atoms with E-state index in [0.29, 0.717) is 17.9 Å². The Hall–Kier alpha value is -2.48. The molecule has 5 nitrogen and oxygen atoms in total. The molecule has 2 aromatic rings. The van der Waals surface area contributed by atoms with E-state index in [9.17, 15) is 22.0 Å². The summed E-state index contributed by atoms with van der Waals surface area (Å²) < 4.78 is 57.3. The van der Waals surface area contributed by atoms with E-state index >= 15 is 0 Å². The van der Waals surface area contributed by atoms with Crippen LogP contribution in [0.25, 0.3) is 0 Å². The molecular formula is C16H15F2NO4S. The molecule has 1 N–H and O–H groups in total. The molecular weight excluding hydrogens is 340 g/mol. The van der Waals surface area contributed by atoms with E-state index in [4.69, 9.17) is 4.74 Å². The number of nitrogens with one attached hydrogen (secondary N) is 1. The molecule has 0 aliphatic heterocycles. The summed E-state index contributed by atoms with van der Waals surface area (Å²) in [5.41, 5.74) is 0.731. The van der Waals surface area contributed by atoms with Gasteiger partial charge in [-0.05, 0) is 31.0 Å². The minimum absolute atomic E-state index is 0.379. The number of rotatable bonds is 4. The molecule has 1 amide bonds. The van der Waals surface area contributed by atoms with E-state index in [-0.39, 0.29) is 0 Å². The number of halogens is 2. The molecule has 0 aliphatic rings. The smallest absolute Gasteiger partial charge is 0.267 e. The maximum atomic E-state index is 14.2. The van der Waals surface area contributed by atoms with Crippen LogP contribution in [0.15, 0.2) is 30.3 Å². The molecule has 0 spiro atoms. The van der Waals surface area contributed by atoms with Crippen LogP contribution in [0.2, 0.25) is 0 Å². The quantitative estimate of drug-likeness (QED) is 0.915. The zero-order valence-corrected chi connectivity index (χ0v) is 14.0. The Morgan fingerprint density at radius 3 is 2.21 bits per heavy atom. The molecule has 0 bridgehead atoms. The summed E-state index contributed by atoms with van der Waals surface area (Å²) >= 11 is 0. The zero-order valence-electron chi connectivity index (χ0n) is 13.2. The SMILES string of the molecule is Cc1cccc(C)c1Oc1cc(F)c(C(=O)NS(C)(=O)=O)cc1F. The predicted octanol–water partition coefficient (Wildman–Crippen LogP) is 3.06. The first-order valence-electron chi connectivity index (χ1n) is 6.83. The van der Waals surface area contributed by atoms with Crippen LogP contribution in [0.3, 0.4) is 0 Å². The average Bonchev–Trinajstić information content (AvgIpc) is 2.44. The molecule has 0 unspecified atom stereocenters. The van der Waals surface area contributed by atoms with E-state index in [1.54, 1.807) is 36.8 Å². The molecule has 0 saturated carbocycles. The summed E-state index contributed by atoms with van der Waals surface area (Å²) in [6.45, 7) is 3.51. The van der Waals surface area contributed by atoms with Crippen molar-refractivity contribution in [3.05, 3.63) is 58.7 Å². The lowest BCUT2D eigenvalue weighted by molar-refractivity contribution is 0.0977. The summed E-state index contributed by atoms with van der Waals surface area (Å²) in [5, 5.41) is 0. The van der Waals surface area contributed by atoms with Gasteiger partial charge in [0.15, 0.2) is 11.6 Å². The lowest BCUT2D eigenvalue weighted by atomic mass is 10.1. The van der Waals surface area contributed by atoms with Crippen molar-refractivity contribution >= 4 is 15.9 Å². The van der Waals surface area contributed by atoms with Crippen molar-refractivity contribution < 1.29 is 26.7 Å². The highest BCUT2D eigenvalue weighted by molar-refractivity contribution is 7.89. The van der Waals surface area contributed by atoms with Crippen LogP contribution in [-0.4, -0.2) is 20.6 Å². The minimum Gasteiger partial charge on any atom is -0.454 e. The van der Waals surface area contributed by atoms with E-state index in [2.05, 4.69) is 0 Å². The van der Waals surface area contributed by atoms with Gasteiger partial charge in [0.25, 0.3) is 5.91 Å². The first kappa shape index (κ1) is 17.9. The summed E-state index contributed by atoms with van der Waals surface area (Å²) in [6, 6.07) is 6.61. The van der Waals surface area contributed by atoms with E-state index in [0.717, 1.165) is 17.4 Å². The van der Waals surface area contributed by atoms with Crippen molar-refractivity contribution in [2.75, 3.05) is 6.26 Å². The fraction of sp³-hybridized carbons (Fsp3) is 0.188. The number of para-hydroxylation sites is 1. The van der Waals surface area contributed by atoms with Crippen LogP contribution in [0, 0.1) is 25.5 Å². The minimum atomic E-state index is -3.89. The molecule has 0 radical (unpaired) electrons. The number of amides is 1. The van der Waals surface area contributed by atoms with Crippen LogP contribution in [-0.2, 0) is 10.0 Å². The highest BCUT2D eigenvalue weighted by Crippen LogP contribution is 2.31. The lowest BCUT2D eigenvalue weighted by Gasteiger charge is -2.13. The molecule has 0 fully saturated rings. The second-order valence-corrected chi connectivity index (χ2v) is 7.04. The third-order valence-electron chi connectivity index (χ3n) is 3.17. The van der Waals surface area contributed by atoms with Gasteiger partial charge in [0.1, 0.15) is 11.6 Å². The van der Waals surface area contributed by atoms with E-state index in [1.807, 2.05) is 0 Å². The molecule has 0 saturated heterocycles. The third kappa shape index (κ3) is 4.08. The molecule has 128 valence electrons. The Morgan fingerprint density at radius 2 is 1.67 bits per heavy atom. The molecule has 0 heterocycles. The Morgan fingerprint density at radius 1 is 1.08 bits per heavy atom. The predicted molar refractivity (Wildman–Crippen MR) is 84.7 cm³/mol. The van der Waals surface area contributed by atoms with Crippen LogP contribution in [0.5, 0.6) is 11.5 Å². The van der Waals surface area contributed by atoms with Crippen molar-refractivity contribution in [3.8, 4) is 11.5 Å². The number of ether oxygens (including phenoxy) is 1. The monoisotopic (exact) mass is 355 g/mol. The number of aryl methyl sites for hydroxylation is 2. The fourth-order valence-electron chi connectivity index (χ4n) is 2.07. The van der Waals surface area contributed by atoms with Crippen LogP contribution >= 0.6 is 0 Å². The van der Waals surface area contributed by atoms with Gasteiger partial charge in [0, 0.05) is 6.07 Å². The third-order valence-corrected chi connectivity index (χ3v) is 3.72. The largest absolute Gasteiger partial charge is 0.454 e. The number of carbonyl (C=O) groups excluding carboxylic acids is 1. The highest BCUT2D eigenvalue weighted by Gasteiger charge is 2.20. The standard InChI is InChI=1S/C16H15F2NO4S/c1-9-5-4-6-10(2)15(9)23-14-8-12(17)11(7-13(14)18)16(20)19-24(3,21)22/h4-8H,1-3H3,(H,19,20). The first-order chi connectivity index (χ1) is 11.1. The molecule has 2 rings (SSSR count). The summed E-state index contributed by atoms with van der Waals surface area (Å²) in [7, 11) is -3.89. The second kappa shape index (κ2) is 6.56. The first-order valence-corrected chi connectivity index (χ1v) is 8.73. The number of hydrogen-bond acceptors (Lipinski definition) is 4. The molecule has 0 atom stereocenters. The number of carbonyl (C=O) groups is 1. The lowest BCUT2D eigenvalue weighted by Crippen LogP contribution is -2.30. The summed E-state index contributed by atoms with van der Waals surface area (Å²) in [4.78, 5) is 11.7. The van der Waals surface area contributed by atoms with Gasteiger partial charge in [-0.15, -0.1) is 0 Å². The normalized spacial score (nSPS) is 11.2. The van der Waals surface area contributed by atoms with E-state index in [1.165, 1.54) is 0 Å². The molecule has 0 aliphatic carbocycles. The topological polar surface area (TPSA) is 72.5 Å². The van der Waals surface area contributed by atoms with Crippen LogP contribution in [0.1, 0.15) is 21.5 Å². The van der Waals surface area contributed by atoms with Crippen LogP contribution in [0.4, 0.5) is 8.78 Å². The molecule has 8 heteroatoms. The zero-order chi connectivity index (χ0) is 18.1. The number of hydrogen-bond donors (Lipinski definition) is 1. The Balaban J connectivity index is 2.38. The molecule has 0 aromatic heterocycles. The molecule has 24 heavy (non-hydrogen) atoms. The van der Waals surface area contributed by atoms with Gasteiger partial charge in [0.2, 0.25) is 10.0 Å². The van der Waals surface area contributed by atoms with Gasteiger partial charge < -0.3 is 4.74 Å². The van der Waals surface area contributed by atoms with Crippen molar-refractivity contribution in [3.63, 3.8) is 0 Å². The van der Waals surface area contributed by atoms with E-state index < -0.39 is 38.9 Å². The Bertz CT molecular complexity index is 890. The van der Waals surface area contributed by atoms with Gasteiger partial charge in [-0.1, -0.05) is 18.2 Å². The maximum Gasteiger partial charge on any atom is 0.267 e. The Kier molecular flexibility index (Phi) is 4.88. The van der Waals surface area contributed by atoms with Crippen molar-refractivity contribution in [2.24, 2.45) is 0 Å². The second-order valence-electron chi connectivity index (χ2n) is 5.29. The number of benzene rings is 2. The van der Waals surface area contributed by atoms with Crippen molar-refractivity contribution in [1.82, 2.24) is 4.72 Å².